The highest BCUT2D eigenvalue weighted by Crippen LogP contribution is 2.50. The van der Waals surface area contributed by atoms with Crippen molar-refractivity contribution in [2.24, 2.45) is 17.1 Å². The summed E-state index contributed by atoms with van der Waals surface area (Å²) in [6.07, 6.45) is 1.37. The molecular weight excluding hydrogens is 136 g/mol. The maximum Gasteiger partial charge on any atom is 0.0162 e. The van der Waals surface area contributed by atoms with Crippen molar-refractivity contribution in [1.29, 1.82) is 0 Å². The number of nitrogens with one attached hydrogen (secondary N) is 1. The Balaban J connectivity index is 2.06. The van der Waals surface area contributed by atoms with Crippen LogP contribution in [0.2, 0.25) is 0 Å². The van der Waals surface area contributed by atoms with Crippen molar-refractivity contribution in [3.05, 3.63) is 0 Å². The fraction of sp³-hybridized carbons (Fsp3) is 1.00. The quantitative estimate of drug-likeness (QED) is 0.636. The van der Waals surface area contributed by atoms with Gasteiger partial charge in [0, 0.05) is 12.6 Å². The maximum atomic E-state index is 5.48. The van der Waals surface area contributed by atoms with Crippen LogP contribution in [0.25, 0.3) is 0 Å². The first kappa shape index (κ1) is 9.01. The number of nitrogens with two attached hydrogens (primary N) is 1. The molecule has 0 aromatic heterocycles. The van der Waals surface area contributed by atoms with Gasteiger partial charge in [-0.2, -0.15) is 0 Å². The molecular formula is C9H20N2. The van der Waals surface area contributed by atoms with Gasteiger partial charge in [0.2, 0.25) is 0 Å². The van der Waals surface area contributed by atoms with Gasteiger partial charge in [-0.05, 0) is 31.2 Å². The minimum Gasteiger partial charge on any atom is -0.329 e. The van der Waals surface area contributed by atoms with E-state index in [2.05, 4.69) is 26.1 Å². The van der Waals surface area contributed by atoms with E-state index in [0.29, 0.717) is 11.5 Å². The molecule has 0 amide bonds. The van der Waals surface area contributed by atoms with Crippen molar-refractivity contribution in [3.63, 3.8) is 0 Å². The Morgan fingerprint density at radius 2 is 2.18 bits per heavy atom. The van der Waals surface area contributed by atoms with Gasteiger partial charge in [0.05, 0.1) is 0 Å². The molecule has 1 saturated carbocycles. The third kappa shape index (κ3) is 2.46. The number of hydrogen-bond donors (Lipinski definition) is 2. The van der Waals surface area contributed by atoms with Crippen LogP contribution < -0.4 is 11.1 Å². The summed E-state index contributed by atoms with van der Waals surface area (Å²) in [5, 5.41) is 3.42. The van der Waals surface area contributed by atoms with Gasteiger partial charge in [0.1, 0.15) is 0 Å². The standard InChI is InChI=1S/C9H20N2/c1-7(5-10)11-6-8-4-9(8,2)3/h7-8,11H,4-6,10H2,1-3H3/t7-,8?/m1/s1. The minimum atomic E-state index is 0.478. The average molecular weight is 156 g/mol. The summed E-state index contributed by atoms with van der Waals surface area (Å²) >= 11 is 0. The molecule has 2 atom stereocenters. The Morgan fingerprint density at radius 1 is 1.64 bits per heavy atom. The second-order valence-electron chi connectivity index (χ2n) is 4.43. The van der Waals surface area contributed by atoms with Crippen LogP contribution in [-0.4, -0.2) is 19.1 Å². The van der Waals surface area contributed by atoms with Crippen LogP contribution in [-0.2, 0) is 0 Å². The highest BCUT2D eigenvalue weighted by atomic mass is 14.9. The third-order valence-electron chi connectivity index (χ3n) is 2.78. The molecule has 0 aromatic rings. The van der Waals surface area contributed by atoms with Crippen molar-refractivity contribution < 1.29 is 0 Å². The molecule has 1 aliphatic carbocycles. The molecule has 0 bridgehead atoms. The van der Waals surface area contributed by atoms with Gasteiger partial charge in [-0.1, -0.05) is 13.8 Å². The lowest BCUT2D eigenvalue weighted by molar-refractivity contribution is 0.480. The van der Waals surface area contributed by atoms with Crippen LogP contribution in [0.5, 0.6) is 0 Å². The van der Waals surface area contributed by atoms with Crippen molar-refractivity contribution in [3.8, 4) is 0 Å². The fourth-order valence-electron chi connectivity index (χ4n) is 1.35. The summed E-state index contributed by atoms with van der Waals surface area (Å²) < 4.78 is 0. The van der Waals surface area contributed by atoms with E-state index in [1.165, 1.54) is 6.42 Å². The Kier molecular flexibility index (Phi) is 2.55. The smallest absolute Gasteiger partial charge is 0.0162 e. The predicted molar refractivity (Wildman–Crippen MR) is 48.4 cm³/mol. The van der Waals surface area contributed by atoms with E-state index in [1.807, 2.05) is 0 Å². The molecule has 11 heavy (non-hydrogen) atoms. The van der Waals surface area contributed by atoms with E-state index in [9.17, 15) is 0 Å². The summed E-state index contributed by atoms with van der Waals surface area (Å²) in [5.74, 6) is 0.886. The SMILES string of the molecule is C[C@H](CN)NCC1CC1(C)C. The molecule has 1 rings (SSSR count). The molecule has 0 aromatic carbocycles. The van der Waals surface area contributed by atoms with Gasteiger partial charge in [0.15, 0.2) is 0 Å². The first-order valence-electron chi connectivity index (χ1n) is 4.49. The predicted octanol–water partition coefficient (Wildman–Crippen LogP) is 0.969. The van der Waals surface area contributed by atoms with Gasteiger partial charge in [-0.15, -0.1) is 0 Å². The Morgan fingerprint density at radius 3 is 2.55 bits per heavy atom. The van der Waals surface area contributed by atoms with Crippen molar-refractivity contribution >= 4 is 0 Å². The molecule has 2 heteroatoms. The van der Waals surface area contributed by atoms with Crippen LogP contribution in [0.15, 0.2) is 0 Å². The van der Waals surface area contributed by atoms with Crippen molar-refractivity contribution in [2.75, 3.05) is 13.1 Å². The molecule has 1 unspecified atom stereocenters. The first-order chi connectivity index (χ1) is 5.06. The summed E-state index contributed by atoms with van der Waals surface area (Å²) in [6, 6.07) is 0.478. The van der Waals surface area contributed by atoms with Gasteiger partial charge in [0.25, 0.3) is 0 Å². The summed E-state index contributed by atoms with van der Waals surface area (Å²) in [5.41, 5.74) is 6.08. The average Bonchev–Trinajstić information content (AvgIpc) is 2.54. The van der Waals surface area contributed by atoms with Gasteiger partial charge in [-0.3, -0.25) is 0 Å². The van der Waals surface area contributed by atoms with Crippen LogP contribution >= 0.6 is 0 Å². The zero-order valence-corrected chi connectivity index (χ0v) is 7.85. The van der Waals surface area contributed by atoms with Crippen molar-refractivity contribution in [2.45, 2.75) is 33.2 Å². The highest BCUT2D eigenvalue weighted by molar-refractivity contribution is 4.96. The summed E-state index contributed by atoms with van der Waals surface area (Å²) in [6.45, 7) is 8.67. The molecule has 0 saturated heterocycles. The molecule has 1 aliphatic rings. The highest BCUT2D eigenvalue weighted by Gasteiger charge is 2.44. The summed E-state index contributed by atoms with van der Waals surface area (Å²) in [4.78, 5) is 0. The number of hydrogen-bond acceptors (Lipinski definition) is 2. The van der Waals surface area contributed by atoms with Crippen LogP contribution in [0, 0.1) is 11.3 Å². The second kappa shape index (κ2) is 3.11. The lowest BCUT2D eigenvalue weighted by Crippen LogP contribution is -2.34. The van der Waals surface area contributed by atoms with Gasteiger partial charge >= 0.3 is 0 Å². The molecule has 1 fully saturated rings. The summed E-state index contributed by atoms with van der Waals surface area (Å²) in [7, 11) is 0. The largest absolute Gasteiger partial charge is 0.329 e. The van der Waals surface area contributed by atoms with Crippen LogP contribution in [0.4, 0.5) is 0 Å². The molecule has 0 radical (unpaired) electrons. The molecule has 66 valence electrons. The van der Waals surface area contributed by atoms with E-state index >= 15 is 0 Å². The van der Waals surface area contributed by atoms with Crippen LogP contribution in [0.1, 0.15) is 27.2 Å². The van der Waals surface area contributed by atoms with Gasteiger partial charge in [-0.25, -0.2) is 0 Å². The first-order valence-corrected chi connectivity index (χ1v) is 4.49. The second-order valence-corrected chi connectivity index (χ2v) is 4.43. The normalized spacial score (nSPS) is 30.0. The topological polar surface area (TPSA) is 38.0 Å². The lowest BCUT2D eigenvalue weighted by atomic mass is 10.1. The van der Waals surface area contributed by atoms with E-state index in [4.69, 9.17) is 5.73 Å². The van der Waals surface area contributed by atoms with E-state index in [-0.39, 0.29) is 0 Å². The van der Waals surface area contributed by atoms with E-state index in [1.54, 1.807) is 0 Å². The molecule has 3 N–H and O–H groups in total. The zero-order valence-electron chi connectivity index (χ0n) is 7.85. The lowest BCUT2D eigenvalue weighted by Gasteiger charge is -2.11. The molecule has 0 spiro atoms. The van der Waals surface area contributed by atoms with E-state index < -0.39 is 0 Å². The third-order valence-corrected chi connectivity index (χ3v) is 2.78. The van der Waals surface area contributed by atoms with Crippen LogP contribution in [0.3, 0.4) is 0 Å². The Bertz CT molecular complexity index is 132. The Hall–Kier alpha value is -0.0800. The number of rotatable bonds is 4. The Labute approximate surface area is 69.5 Å². The van der Waals surface area contributed by atoms with E-state index in [0.717, 1.165) is 19.0 Å². The fourth-order valence-corrected chi connectivity index (χ4v) is 1.35. The van der Waals surface area contributed by atoms with Crippen molar-refractivity contribution in [1.82, 2.24) is 5.32 Å². The maximum absolute atomic E-state index is 5.48. The molecule has 0 aliphatic heterocycles. The molecule has 2 nitrogen and oxygen atoms in total. The zero-order chi connectivity index (χ0) is 8.48. The van der Waals surface area contributed by atoms with Gasteiger partial charge < -0.3 is 11.1 Å². The monoisotopic (exact) mass is 156 g/mol. The minimum absolute atomic E-state index is 0.478. The molecule has 0 heterocycles.